The number of hydrogen-bond acceptors (Lipinski definition) is 5. The van der Waals surface area contributed by atoms with E-state index >= 15 is 0 Å². The number of fused-ring (bicyclic) bond motifs is 1. The summed E-state index contributed by atoms with van der Waals surface area (Å²) in [4.78, 5) is 24.3. The van der Waals surface area contributed by atoms with Gasteiger partial charge in [0.2, 0.25) is 5.88 Å². The minimum Gasteiger partial charge on any atom is -0.478 e. The highest BCUT2D eigenvalue weighted by Crippen LogP contribution is 2.37. The zero-order chi connectivity index (χ0) is 18.8. The van der Waals surface area contributed by atoms with Crippen LogP contribution in [0.5, 0.6) is 5.88 Å². The molecule has 0 aliphatic carbocycles. The molecule has 1 aliphatic rings. The molecule has 0 bridgehead atoms. The van der Waals surface area contributed by atoms with Crippen molar-refractivity contribution in [2.75, 3.05) is 13.2 Å². The highest BCUT2D eigenvalue weighted by molar-refractivity contribution is 7.18. The molecular weight excluding hydrogens is 382 g/mol. The highest BCUT2D eigenvalue weighted by atomic mass is 35.5. The number of aromatic nitrogens is 2. The standard InChI is InChI=1S/C20H20ClN3O2S/c1-2-26-17-11-10-13(21)18(23-17)20(25)24-12-6-5-8-15(24)19-22-14-7-3-4-9-16(14)27-19/h3-4,7,9-11,15H,2,5-6,8,12H2,1H3. The van der Waals surface area contributed by atoms with Gasteiger partial charge in [0.25, 0.3) is 5.91 Å². The van der Waals surface area contributed by atoms with Crippen molar-refractivity contribution in [3.63, 3.8) is 0 Å². The Balaban J connectivity index is 1.68. The van der Waals surface area contributed by atoms with E-state index < -0.39 is 0 Å². The van der Waals surface area contributed by atoms with Crippen LogP contribution in [0.4, 0.5) is 0 Å². The van der Waals surface area contributed by atoms with Crippen molar-refractivity contribution in [2.24, 2.45) is 0 Å². The number of amides is 1. The fourth-order valence-electron chi connectivity index (χ4n) is 3.40. The molecule has 1 fully saturated rings. The third-order valence-corrected chi connectivity index (χ3v) is 6.12. The molecule has 1 aliphatic heterocycles. The van der Waals surface area contributed by atoms with Crippen molar-refractivity contribution in [3.8, 4) is 5.88 Å². The predicted molar refractivity (Wildman–Crippen MR) is 108 cm³/mol. The molecule has 1 unspecified atom stereocenters. The molecule has 1 amide bonds. The smallest absolute Gasteiger partial charge is 0.274 e. The van der Waals surface area contributed by atoms with E-state index in [0.29, 0.717) is 24.1 Å². The van der Waals surface area contributed by atoms with Gasteiger partial charge in [-0.05, 0) is 44.4 Å². The van der Waals surface area contributed by atoms with Crippen molar-refractivity contribution in [1.82, 2.24) is 14.9 Å². The maximum Gasteiger partial charge on any atom is 0.274 e. The Morgan fingerprint density at radius 3 is 2.93 bits per heavy atom. The normalized spacial score (nSPS) is 17.3. The number of nitrogens with zero attached hydrogens (tertiary/aromatic N) is 3. The first-order valence-corrected chi connectivity index (χ1v) is 10.3. The molecule has 4 rings (SSSR count). The zero-order valence-electron chi connectivity index (χ0n) is 15.0. The van der Waals surface area contributed by atoms with Crippen LogP contribution >= 0.6 is 22.9 Å². The van der Waals surface area contributed by atoms with Crippen LogP contribution in [0.3, 0.4) is 0 Å². The van der Waals surface area contributed by atoms with Gasteiger partial charge in [-0.25, -0.2) is 9.97 Å². The summed E-state index contributed by atoms with van der Waals surface area (Å²) in [6.45, 7) is 3.04. The summed E-state index contributed by atoms with van der Waals surface area (Å²) in [6, 6.07) is 11.4. The Bertz CT molecular complexity index is 942. The second-order valence-electron chi connectivity index (χ2n) is 6.44. The maximum atomic E-state index is 13.3. The number of carbonyl (C=O) groups excluding carboxylic acids is 1. The van der Waals surface area contributed by atoms with E-state index in [-0.39, 0.29) is 17.6 Å². The third kappa shape index (κ3) is 3.64. The topological polar surface area (TPSA) is 55.3 Å². The summed E-state index contributed by atoms with van der Waals surface area (Å²) in [7, 11) is 0. The van der Waals surface area contributed by atoms with E-state index in [2.05, 4.69) is 11.1 Å². The SMILES string of the molecule is CCOc1ccc(Cl)c(C(=O)N2CCCCC2c2nc3ccccc3s2)n1. The summed E-state index contributed by atoms with van der Waals surface area (Å²) in [5.41, 5.74) is 1.22. The van der Waals surface area contributed by atoms with Crippen LogP contribution in [0, 0.1) is 0 Å². The van der Waals surface area contributed by atoms with E-state index in [4.69, 9.17) is 21.3 Å². The van der Waals surface area contributed by atoms with Gasteiger partial charge in [0.05, 0.1) is 27.9 Å². The Morgan fingerprint density at radius 1 is 1.26 bits per heavy atom. The number of pyridine rings is 1. The number of ether oxygens (including phenoxy) is 1. The summed E-state index contributed by atoms with van der Waals surface area (Å²) in [5.74, 6) is 0.254. The monoisotopic (exact) mass is 401 g/mol. The van der Waals surface area contributed by atoms with Gasteiger partial charge in [-0.2, -0.15) is 0 Å². The van der Waals surface area contributed by atoms with Gasteiger partial charge >= 0.3 is 0 Å². The van der Waals surface area contributed by atoms with E-state index in [0.717, 1.165) is 34.5 Å². The number of rotatable bonds is 4. The fraction of sp³-hybridized carbons (Fsp3) is 0.350. The molecule has 2 aromatic heterocycles. The molecule has 1 atom stereocenters. The van der Waals surface area contributed by atoms with Crippen molar-refractivity contribution in [3.05, 3.63) is 52.1 Å². The minimum absolute atomic E-state index is 0.0442. The molecule has 3 aromatic rings. The molecule has 3 heterocycles. The molecule has 0 radical (unpaired) electrons. The molecule has 5 nitrogen and oxygen atoms in total. The molecule has 140 valence electrons. The fourth-order valence-corrected chi connectivity index (χ4v) is 4.70. The largest absolute Gasteiger partial charge is 0.478 e. The van der Waals surface area contributed by atoms with Crippen molar-refractivity contribution >= 4 is 39.1 Å². The summed E-state index contributed by atoms with van der Waals surface area (Å²) in [5, 5.41) is 1.32. The lowest BCUT2D eigenvalue weighted by atomic mass is 10.0. The number of halogens is 1. The van der Waals surface area contributed by atoms with Gasteiger partial charge in [0, 0.05) is 12.6 Å². The minimum atomic E-state index is -0.162. The first kappa shape index (κ1) is 18.2. The number of hydrogen-bond donors (Lipinski definition) is 0. The average molecular weight is 402 g/mol. The van der Waals surface area contributed by atoms with Gasteiger partial charge in [0.15, 0.2) is 5.69 Å². The Hall–Kier alpha value is -2.18. The quantitative estimate of drug-likeness (QED) is 0.609. The summed E-state index contributed by atoms with van der Waals surface area (Å²) >= 11 is 7.94. The summed E-state index contributed by atoms with van der Waals surface area (Å²) < 4.78 is 6.58. The molecule has 0 spiro atoms. The van der Waals surface area contributed by atoms with Crippen LogP contribution in [0.2, 0.25) is 5.02 Å². The predicted octanol–water partition coefficient (Wildman–Crippen LogP) is 5.11. The highest BCUT2D eigenvalue weighted by Gasteiger charge is 2.32. The second-order valence-corrected chi connectivity index (χ2v) is 7.91. The molecule has 0 saturated carbocycles. The lowest BCUT2D eigenvalue weighted by Crippen LogP contribution is -2.39. The first-order chi connectivity index (χ1) is 13.2. The van der Waals surface area contributed by atoms with Crippen LogP contribution in [0.1, 0.15) is 47.7 Å². The molecule has 27 heavy (non-hydrogen) atoms. The lowest BCUT2D eigenvalue weighted by molar-refractivity contribution is 0.0604. The number of carbonyl (C=O) groups is 1. The molecule has 1 aromatic carbocycles. The number of benzene rings is 1. The second kappa shape index (κ2) is 7.82. The zero-order valence-corrected chi connectivity index (χ0v) is 16.6. The number of likely N-dealkylation sites (tertiary alicyclic amines) is 1. The van der Waals surface area contributed by atoms with E-state index in [1.165, 1.54) is 0 Å². The summed E-state index contributed by atoms with van der Waals surface area (Å²) in [6.07, 6.45) is 2.94. The average Bonchev–Trinajstić information content (AvgIpc) is 3.13. The van der Waals surface area contributed by atoms with E-state index in [1.54, 1.807) is 23.5 Å². The van der Waals surface area contributed by atoms with Gasteiger partial charge < -0.3 is 9.64 Å². The lowest BCUT2D eigenvalue weighted by Gasteiger charge is -2.34. The van der Waals surface area contributed by atoms with E-state index in [1.807, 2.05) is 30.0 Å². The Kier molecular flexibility index (Phi) is 5.27. The van der Waals surface area contributed by atoms with Gasteiger partial charge in [-0.15, -0.1) is 11.3 Å². The van der Waals surface area contributed by atoms with Crippen LogP contribution < -0.4 is 4.74 Å². The number of para-hydroxylation sites is 1. The molecule has 0 N–H and O–H groups in total. The van der Waals surface area contributed by atoms with Crippen LogP contribution in [0.15, 0.2) is 36.4 Å². The van der Waals surface area contributed by atoms with Crippen molar-refractivity contribution < 1.29 is 9.53 Å². The molecule has 1 saturated heterocycles. The van der Waals surface area contributed by atoms with Gasteiger partial charge in [-0.3, -0.25) is 4.79 Å². The Labute approximate surface area is 167 Å². The van der Waals surface area contributed by atoms with Crippen LogP contribution in [0.25, 0.3) is 10.2 Å². The third-order valence-electron chi connectivity index (χ3n) is 4.67. The van der Waals surface area contributed by atoms with Gasteiger partial charge in [-0.1, -0.05) is 23.7 Å². The van der Waals surface area contributed by atoms with Crippen molar-refractivity contribution in [2.45, 2.75) is 32.2 Å². The maximum absolute atomic E-state index is 13.3. The van der Waals surface area contributed by atoms with Crippen LogP contribution in [-0.4, -0.2) is 33.9 Å². The van der Waals surface area contributed by atoms with Crippen molar-refractivity contribution in [1.29, 1.82) is 0 Å². The number of thiazole rings is 1. The molecular formula is C20H20ClN3O2S. The molecule has 7 heteroatoms. The van der Waals surface area contributed by atoms with Gasteiger partial charge in [0.1, 0.15) is 5.01 Å². The first-order valence-electron chi connectivity index (χ1n) is 9.13. The van der Waals surface area contributed by atoms with E-state index in [9.17, 15) is 4.79 Å². The Morgan fingerprint density at radius 2 is 2.11 bits per heavy atom. The number of piperidine rings is 1. The van der Waals surface area contributed by atoms with Crippen LogP contribution in [-0.2, 0) is 0 Å².